The second kappa shape index (κ2) is 6.57. The van der Waals surface area contributed by atoms with E-state index in [9.17, 15) is 4.79 Å². The van der Waals surface area contributed by atoms with Crippen molar-refractivity contribution in [1.29, 1.82) is 0 Å². The molecule has 0 bridgehead atoms. The van der Waals surface area contributed by atoms with Crippen LogP contribution >= 0.6 is 0 Å². The highest BCUT2D eigenvalue weighted by atomic mass is 16.3. The van der Waals surface area contributed by atoms with Crippen LogP contribution < -0.4 is 0 Å². The Hall–Kier alpha value is -2.10. The summed E-state index contributed by atoms with van der Waals surface area (Å²) in [5.74, 6) is 0.463. The summed E-state index contributed by atoms with van der Waals surface area (Å²) in [5.41, 5.74) is 1.09. The smallest absolute Gasteiger partial charge is 0.289 e. The third-order valence-electron chi connectivity index (χ3n) is 4.08. The Morgan fingerprint density at radius 1 is 1.29 bits per heavy atom. The second-order valence-corrected chi connectivity index (χ2v) is 5.49. The highest BCUT2D eigenvalue weighted by Gasteiger charge is 2.28. The molecule has 1 atom stereocenters. The highest BCUT2D eigenvalue weighted by Crippen LogP contribution is 2.23. The first-order valence-corrected chi connectivity index (χ1v) is 7.59. The first-order chi connectivity index (χ1) is 10.3. The third kappa shape index (κ3) is 3.32. The number of rotatable bonds is 4. The zero-order valence-corrected chi connectivity index (χ0v) is 12.1. The van der Waals surface area contributed by atoms with Crippen molar-refractivity contribution < 1.29 is 9.21 Å². The Kier molecular flexibility index (Phi) is 4.34. The number of furan rings is 1. The van der Waals surface area contributed by atoms with E-state index >= 15 is 0 Å². The Balaban J connectivity index is 1.65. The predicted molar refractivity (Wildman–Crippen MR) is 79.9 cm³/mol. The maximum atomic E-state index is 12.5. The Bertz CT molecular complexity index is 566. The van der Waals surface area contributed by atoms with Crippen molar-refractivity contribution in [3.63, 3.8) is 0 Å². The molecule has 0 spiro atoms. The molecule has 2 aromatic heterocycles. The van der Waals surface area contributed by atoms with Crippen LogP contribution in [0.2, 0.25) is 0 Å². The highest BCUT2D eigenvalue weighted by molar-refractivity contribution is 5.91. The summed E-state index contributed by atoms with van der Waals surface area (Å²) in [7, 11) is 0. The predicted octanol–water partition coefficient (Wildman–Crippen LogP) is 3.30. The fourth-order valence-corrected chi connectivity index (χ4v) is 2.97. The summed E-state index contributed by atoms with van der Waals surface area (Å²) in [4.78, 5) is 18.8. The molecule has 4 nitrogen and oxygen atoms in total. The standard InChI is InChI=1S/C17H20N2O2/c20-17(16-8-5-13-21-16)19-12-4-2-7-15(19)10-9-14-6-1-3-11-18-14/h1,3,5-6,8,11,13,15H,2,4,7,9-10,12H2/t15-/m1/s1. The van der Waals surface area contributed by atoms with Crippen molar-refractivity contribution in [2.75, 3.05) is 6.54 Å². The molecule has 0 saturated carbocycles. The SMILES string of the molecule is O=C(c1ccco1)N1CCCC[C@@H]1CCc1ccccn1. The number of amides is 1. The van der Waals surface area contributed by atoms with Gasteiger partial charge in [-0.15, -0.1) is 0 Å². The molecule has 0 aliphatic carbocycles. The van der Waals surface area contributed by atoms with E-state index in [-0.39, 0.29) is 5.91 Å². The van der Waals surface area contributed by atoms with Crippen LogP contribution in [-0.2, 0) is 6.42 Å². The minimum Gasteiger partial charge on any atom is -0.459 e. The Morgan fingerprint density at radius 3 is 3.00 bits per heavy atom. The van der Waals surface area contributed by atoms with Gasteiger partial charge in [0.2, 0.25) is 0 Å². The molecule has 1 amide bonds. The number of hydrogen-bond acceptors (Lipinski definition) is 3. The number of aromatic nitrogens is 1. The molecule has 1 aliphatic rings. The van der Waals surface area contributed by atoms with Crippen molar-refractivity contribution in [1.82, 2.24) is 9.88 Å². The number of likely N-dealkylation sites (tertiary alicyclic amines) is 1. The van der Waals surface area contributed by atoms with E-state index < -0.39 is 0 Å². The van der Waals surface area contributed by atoms with Crippen LogP contribution in [-0.4, -0.2) is 28.4 Å². The molecule has 1 aliphatic heterocycles. The monoisotopic (exact) mass is 284 g/mol. The van der Waals surface area contributed by atoms with Gasteiger partial charge in [-0.3, -0.25) is 9.78 Å². The normalized spacial score (nSPS) is 18.7. The first kappa shape index (κ1) is 13.9. The third-order valence-corrected chi connectivity index (χ3v) is 4.08. The molecule has 0 unspecified atom stereocenters. The van der Waals surface area contributed by atoms with Gasteiger partial charge in [0.25, 0.3) is 5.91 Å². The van der Waals surface area contributed by atoms with Crippen molar-refractivity contribution in [3.05, 3.63) is 54.2 Å². The van der Waals surface area contributed by atoms with Crippen molar-refractivity contribution in [2.24, 2.45) is 0 Å². The number of nitrogens with zero attached hydrogens (tertiary/aromatic N) is 2. The number of carbonyl (C=O) groups excluding carboxylic acids is 1. The van der Waals surface area contributed by atoms with Crippen LogP contribution in [0.4, 0.5) is 0 Å². The van der Waals surface area contributed by atoms with Crippen molar-refractivity contribution in [2.45, 2.75) is 38.1 Å². The first-order valence-electron chi connectivity index (χ1n) is 7.59. The molecule has 3 heterocycles. The zero-order valence-electron chi connectivity index (χ0n) is 12.1. The maximum absolute atomic E-state index is 12.5. The number of aryl methyl sites for hydroxylation is 1. The lowest BCUT2D eigenvalue weighted by Gasteiger charge is -2.35. The summed E-state index contributed by atoms with van der Waals surface area (Å²) in [5, 5.41) is 0. The topological polar surface area (TPSA) is 46.3 Å². The molecule has 1 saturated heterocycles. The van der Waals surface area contributed by atoms with Crippen molar-refractivity contribution >= 4 is 5.91 Å². The molecule has 0 N–H and O–H groups in total. The van der Waals surface area contributed by atoms with Crippen LogP contribution in [0.25, 0.3) is 0 Å². The van der Waals surface area contributed by atoms with Gasteiger partial charge in [0.05, 0.1) is 6.26 Å². The van der Waals surface area contributed by atoms with E-state index in [0.29, 0.717) is 11.8 Å². The molecular weight excluding hydrogens is 264 g/mol. The van der Waals surface area contributed by atoms with E-state index in [4.69, 9.17) is 4.42 Å². The lowest BCUT2D eigenvalue weighted by Crippen LogP contribution is -2.43. The summed E-state index contributed by atoms with van der Waals surface area (Å²) in [6, 6.07) is 9.78. The van der Waals surface area contributed by atoms with Gasteiger partial charge in [-0.2, -0.15) is 0 Å². The zero-order chi connectivity index (χ0) is 14.5. The summed E-state index contributed by atoms with van der Waals surface area (Å²) >= 11 is 0. The quantitative estimate of drug-likeness (QED) is 0.865. The second-order valence-electron chi connectivity index (χ2n) is 5.49. The average molecular weight is 284 g/mol. The lowest BCUT2D eigenvalue weighted by molar-refractivity contribution is 0.0569. The Labute approximate surface area is 124 Å². The van der Waals surface area contributed by atoms with E-state index in [2.05, 4.69) is 4.98 Å². The average Bonchev–Trinajstić information content (AvgIpc) is 3.08. The van der Waals surface area contributed by atoms with E-state index in [1.807, 2.05) is 29.3 Å². The molecule has 0 aromatic carbocycles. The summed E-state index contributed by atoms with van der Waals surface area (Å²) in [6.07, 6.45) is 8.58. The number of pyridine rings is 1. The van der Waals surface area contributed by atoms with Gasteiger partial charge in [0.15, 0.2) is 5.76 Å². The van der Waals surface area contributed by atoms with E-state index in [1.165, 1.54) is 6.42 Å². The molecule has 2 aromatic rings. The van der Waals surface area contributed by atoms with Gasteiger partial charge >= 0.3 is 0 Å². The van der Waals surface area contributed by atoms with Gasteiger partial charge < -0.3 is 9.32 Å². The molecule has 3 rings (SSSR count). The van der Waals surface area contributed by atoms with Crippen molar-refractivity contribution in [3.8, 4) is 0 Å². The van der Waals surface area contributed by atoms with Gasteiger partial charge in [-0.25, -0.2) is 0 Å². The van der Waals surface area contributed by atoms with Gasteiger partial charge in [0.1, 0.15) is 0 Å². The number of carbonyl (C=O) groups is 1. The molecule has 21 heavy (non-hydrogen) atoms. The van der Waals surface area contributed by atoms with E-state index in [1.54, 1.807) is 18.4 Å². The summed E-state index contributed by atoms with van der Waals surface area (Å²) < 4.78 is 5.26. The fourth-order valence-electron chi connectivity index (χ4n) is 2.97. The maximum Gasteiger partial charge on any atom is 0.289 e. The van der Waals surface area contributed by atoms with Crippen LogP contribution in [0.3, 0.4) is 0 Å². The fraction of sp³-hybridized carbons (Fsp3) is 0.412. The number of piperidine rings is 1. The van der Waals surface area contributed by atoms with Crippen LogP contribution in [0, 0.1) is 0 Å². The van der Waals surface area contributed by atoms with Crippen LogP contribution in [0.5, 0.6) is 0 Å². The van der Waals surface area contributed by atoms with Gasteiger partial charge in [-0.05, 0) is 56.4 Å². The van der Waals surface area contributed by atoms with Crippen LogP contribution in [0.15, 0.2) is 47.2 Å². The molecular formula is C17H20N2O2. The summed E-state index contributed by atoms with van der Waals surface area (Å²) in [6.45, 7) is 0.826. The van der Waals surface area contributed by atoms with E-state index in [0.717, 1.165) is 37.9 Å². The molecule has 0 radical (unpaired) electrons. The minimum atomic E-state index is 0.0192. The van der Waals surface area contributed by atoms with Gasteiger partial charge in [0, 0.05) is 24.5 Å². The lowest BCUT2D eigenvalue weighted by atomic mass is 9.96. The molecule has 110 valence electrons. The molecule has 1 fully saturated rings. The minimum absolute atomic E-state index is 0.0192. The molecule has 4 heteroatoms. The van der Waals surface area contributed by atoms with Crippen LogP contribution in [0.1, 0.15) is 41.9 Å². The number of hydrogen-bond donors (Lipinski definition) is 0. The van der Waals surface area contributed by atoms with Gasteiger partial charge in [-0.1, -0.05) is 6.07 Å². The Morgan fingerprint density at radius 2 is 2.24 bits per heavy atom. The largest absolute Gasteiger partial charge is 0.459 e.